The van der Waals surface area contributed by atoms with E-state index in [-0.39, 0.29) is 17.2 Å². The maximum absolute atomic E-state index is 12.2. The highest BCUT2D eigenvalue weighted by Crippen LogP contribution is 2.26. The maximum atomic E-state index is 12.2. The summed E-state index contributed by atoms with van der Waals surface area (Å²) in [5.74, 6) is -0.0319. The topological polar surface area (TPSA) is 58.6 Å². The number of halogens is 2. The van der Waals surface area contributed by atoms with E-state index in [1.54, 1.807) is 12.1 Å². The Morgan fingerprint density at radius 2 is 2.16 bits per heavy atom. The fraction of sp³-hybridized carbons (Fsp3) is 0.462. The first kappa shape index (κ1) is 14.6. The van der Waals surface area contributed by atoms with Crippen LogP contribution in [0.5, 0.6) is 5.75 Å². The van der Waals surface area contributed by atoms with Gasteiger partial charge in [-0.05, 0) is 31.0 Å². The minimum Gasteiger partial charge on any atom is -0.507 e. The Morgan fingerprint density at radius 1 is 1.47 bits per heavy atom. The first-order valence-corrected chi connectivity index (χ1v) is 7.34. The van der Waals surface area contributed by atoms with Gasteiger partial charge in [0.1, 0.15) is 5.75 Å². The van der Waals surface area contributed by atoms with Crippen LogP contribution in [-0.2, 0) is 4.74 Å². The van der Waals surface area contributed by atoms with Crippen LogP contribution >= 0.6 is 27.5 Å². The molecule has 1 saturated heterocycles. The van der Waals surface area contributed by atoms with Crippen molar-refractivity contribution in [1.82, 2.24) is 5.32 Å². The summed E-state index contributed by atoms with van der Waals surface area (Å²) in [6, 6.07) is 4.79. The van der Waals surface area contributed by atoms with Crippen LogP contribution in [0.2, 0.25) is 0 Å². The summed E-state index contributed by atoms with van der Waals surface area (Å²) in [7, 11) is 0. The monoisotopic (exact) mass is 347 g/mol. The molecule has 1 aromatic carbocycles. The predicted molar refractivity (Wildman–Crippen MR) is 76.8 cm³/mol. The van der Waals surface area contributed by atoms with E-state index in [4.69, 9.17) is 16.3 Å². The molecule has 1 fully saturated rings. The van der Waals surface area contributed by atoms with Crippen molar-refractivity contribution in [1.29, 1.82) is 0 Å². The van der Waals surface area contributed by atoms with Gasteiger partial charge < -0.3 is 15.2 Å². The Bertz CT molecular complexity index is 475. The summed E-state index contributed by atoms with van der Waals surface area (Å²) in [4.78, 5) is 12.2. The summed E-state index contributed by atoms with van der Waals surface area (Å²) < 4.78 is 6.01. The number of rotatable bonds is 3. The largest absolute Gasteiger partial charge is 0.507 e. The van der Waals surface area contributed by atoms with Crippen molar-refractivity contribution in [3.63, 3.8) is 0 Å². The molecule has 6 heteroatoms. The summed E-state index contributed by atoms with van der Waals surface area (Å²) >= 11 is 9.23. The lowest BCUT2D eigenvalue weighted by molar-refractivity contribution is 0.0433. The minimum atomic E-state index is -0.448. The number of benzene rings is 1. The molecule has 104 valence electrons. The van der Waals surface area contributed by atoms with Crippen LogP contribution in [0.15, 0.2) is 22.7 Å². The summed E-state index contributed by atoms with van der Waals surface area (Å²) in [5, 5.41) is 12.7. The molecule has 0 aliphatic carbocycles. The number of hydrogen-bond donors (Lipinski definition) is 2. The highest BCUT2D eigenvalue weighted by Gasteiger charge is 2.34. The quantitative estimate of drug-likeness (QED) is 0.826. The first-order chi connectivity index (χ1) is 9.06. The van der Waals surface area contributed by atoms with Gasteiger partial charge in [0.15, 0.2) is 0 Å². The molecule has 0 unspecified atom stereocenters. The predicted octanol–water partition coefficient (Wildman–Crippen LogP) is 2.67. The lowest BCUT2D eigenvalue weighted by Crippen LogP contribution is -2.53. The van der Waals surface area contributed by atoms with Crippen LogP contribution in [0.4, 0.5) is 0 Å². The molecule has 0 spiro atoms. The number of nitrogens with one attached hydrogen (secondary N) is 1. The average Bonchev–Trinajstić information content (AvgIpc) is 2.39. The molecule has 1 aliphatic heterocycles. The molecule has 0 bridgehead atoms. The van der Waals surface area contributed by atoms with Gasteiger partial charge in [-0.3, -0.25) is 4.79 Å². The van der Waals surface area contributed by atoms with Crippen molar-refractivity contribution in [2.45, 2.75) is 18.4 Å². The van der Waals surface area contributed by atoms with E-state index in [2.05, 4.69) is 21.2 Å². The van der Waals surface area contributed by atoms with Crippen molar-refractivity contribution in [3.05, 3.63) is 28.2 Å². The number of hydrogen-bond acceptors (Lipinski definition) is 3. The van der Waals surface area contributed by atoms with Gasteiger partial charge in [-0.2, -0.15) is 0 Å². The SMILES string of the molecule is O=C(NC1(CCl)CCOCC1)c1ccc(Br)cc1O. The molecule has 19 heavy (non-hydrogen) atoms. The standard InChI is InChI=1S/C13H15BrClNO3/c14-9-1-2-10(11(17)7-9)12(18)16-13(8-15)3-5-19-6-4-13/h1-2,7,17H,3-6,8H2,(H,16,18). The van der Waals surface area contributed by atoms with E-state index in [1.807, 2.05) is 0 Å². The molecule has 1 aromatic rings. The number of amides is 1. The van der Waals surface area contributed by atoms with Gasteiger partial charge >= 0.3 is 0 Å². The Kier molecular flexibility index (Phi) is 4.71. The van der Waals surface area contributed by atoms with E-state index < -0.39 is 5.54 Å². The summed E-state index contributed by atoms with van der Waals surface area (Å²) in [6.07, 6.45) is 1.36. The van der Waals surface area contributed by atoms with Crippen LogP contribution in [-0.4, -0.2) is 35.6 Å². The summed E-state index contributed by atoms with van der Waals surface area (Å²) in [5.41, 5.74) is -0.199. The van der Waals surface area contributed by atoms with Crippen LogP contribution < -0.4 is 5.32 Å². The fourth-order valence-electron chi connectivity index (χ4n) is 2.06. The first-order valence-electron chi connectivity index (χ1n) is 6.01. The normalized spacial score (nSPS) is 18.0. The van der Waals surface area contributed by atoms with Gasteiger partial charge in [0.05, 0.1) is 11.1 Å². The molecule has 0 atom stereocenters. The number of phenolic OH excluding ortho intramolecular Hbond substituents is 1. The maximum Gasteiger partial charge on any atom is 0.255 e. The zero-order chi connectivity index (χ0) is 13.9. The number of carbonyl (C=O) groups is 1. The van der Waals surface area contributed by atoms with Crippen LogP contribution in [0, 0.1) is 0 Å². The number of ether oxygens (including phenoxy) is 1. The molecular weight excluding hydrogens is 334 g/mol. The zero-order valence-corrected chi connectivity index (χ0v) is 12.6. The van der Waals surface area contributed by atoms with Crippen LogP contribution in [0.25, 0.3) is 0 Å². The smallest absolute Gasteiger partial charge is 0.255 e. The van der Waals surface area contributed by atoms with Gasteiger partial charge in [0.25, 0.3) is 5.91 Å². The van der Waals surface area contributed by atoms with Gasteiger partial charge in [0, 0.05) is 23.6 Å². The van der Waals surface area contributed by atoms with E-state index in [9.17, 15) is 9.90 Å². The Labute approximate surface area is 125 Å². The van der Waals surface area contributed by atoms with E-state index in [1.165, 1.54) is 6.07 Å². The Hall–Kier alpha value is -0.780. The second kappa shape index (κ2) is 6.11. The van der Waals surface area contributed by atoms with Crippen LogP contribution in [0.3, 0.4) is 0 Å². The number of phenols is 1. The second-order valence-electron chi connectivity index (χ2n) is 4.64. The lowest BCUT2D eigenvalue weighted by atomic mass is 9.91. The van der Waals surface area contributed by atoms with Crippen LogP contribution in [0.1, 0.15) is 23.2 Å². The van der Waals surface area contributed by atoms with Crippen molar-refractivity contribution in [2.24, 2.45) is 0 Å². The zero-order valence-electron chi connectivity index (χ0n) is 10.3. The van der Waals surface area contributed by atoms with Gasteiger partial charge in [0.2, 0.25) is 0 Å². The van der Waals surface area contributed by atoms with E-state index >= 15 is 0 Å². The van der Waals surface area contributed by atoms with Gasteiger partial charge in [-0.1, -0.05) is 15.9 Å². The third-order valence-electron chi connectivity index (χ3n) is 3.29. The van der Waals surface area contributed by atoms with Crippen molar-refractivity contribution in [3.8, 4) is 5.75 Å². The molecule has 2 N–H and O–H groups in total. The molecule has 0 aromatic heterocycles. The second-order valence-corrected chi connectivity index (χ2v) is 5.82. The molecular formula is C13H15BrClNO3. The molecule has 1 aliphatic rings. The third-order valence-corrected chi connectivity index (χ3v) is 4.29. The highest BCUT2D eigenvalue weighted by molar-refractivity contribution is 9.10. The molecule has 0 radical (unpaired) electrons. The minimum absolute atomic E-state index is 0.0522. The highest BCUT2D eigenvalue weighted by atomic mass is 79.9. The number of aromatic hydroxyl groups is 1. The van der Waals surface area contributed by atoms with Crippen molar-refractivity contribution >= 4 is 33.4 Å². The Morgan fingerprint density at radius 3 is 2.74 bits per heavy atom. The molecule has 2 rings (SSSR count). The molecule has 4 nitrogen and oxygen atoms in total. The fourth-order valence-corrected chi connectivity index (χ4v) is 2.74. The molecule has 1 heterocycles. The van der Waals surface area contributed by atoms with Crippen molar-refractivity contribution < 1.29 is 14.6 Å². The lowest BCUT2D eigenvalue weighted by Gasteiger charge is -2.36. The van der Waals surface area contributed by atoms with Crippen molar-refractivity contribution in [2.75, 3.05) is 19.1 Å². The average molecular weight is 349 g/mol. The van der Waals surface area contributed by atoms with E-state index in [0.29, 0.717) is 31.9 Å². The molecule has 0 saturated carbocycles. The van der Waals surface area contributed by atoms with E-state index in [0.717, 1.165) is 4.47 Å². The number of alkyl halides is 1. The van der Waals surface area contributed by atoms with Gasteiger partial charge in [-0.15, -0.1) is 11.6 Å². The van der Waals surface area contributed by atoms with Gasteiger partial charge in [-0.25, -0.2) is 0 Å². The Balaban J connectivity index is 2.15. The molecule has 1 amide bonds. The number of carbonyl (C=O) groups excluding carboxylic acids is 1. The third kappa shape index (κ3) is 3.41. The summed E-state index contributed by atoms with van der Waals surface area (Å²) in [6.45, 7) is 1.17.